The molecule has 1 aliphatic rings. The number of fused-ring (bicyclic) bond motifs is 1. The maximum atomic E-state index is 14.5. The van der Waals surface area contributed by atoms with Gasteiger partial charge in [-0.05, 0) is 94.1 Å². The van der Waals surface area contributed by atoms with Crippen molar-refractivity contribution in [1.82, 2.24) is 10.0 Å². The van der Waals surface area contributed by atoms with Gasteiger partial charge >= 0.3 is 0 Å². The van der Waals surface area contributed by atoms with Crippen LogP contribution in [0.1, 0.15) is 36.6 Å². The van der Waals surface area contributed by atoms with Gasteiger partial charge < -0.3 is 0 Å². The van der Waals surface area contributed by atoms with Gasteiger partial charge in [0.2, 0.25) is 0 Å². The molecule has 0 fully saturated rings. The number of carbonyl (C=O) groups excluding carboxylic acids is 3. The molecule has 0 saturated carbocycles. The van der Waals surface area contributed by atoms with Gasteiger partial charge in [-0.3, -0.25) is 14.4 Å². The summed E-state index contributed by atoms with van der Waals surface area (Å²) in [5.41, 5.74) is 0.457. The van der Waals surface area contributed by atoms with E-state index in [0.717, 1.165) is 10.0 Å². The molecule has 4 rings (SSSR count). The summed E-state index contributed by atoms with van der Waals surface area (Å²) in [6.45, 7) is -0.350. The first-order valence-corrected chi connectivity index (χ1v) is 12.7. The first kappa shape index (κ1) is 24.5. The number of halogens is 6. The van der Waals surface area contributed by atoms with Gasteiger partial charge in [-0.2, -0.15) is 5.01 Å². The second-order valence-corrected chi connectivity index (χ2v) is 10.5. The van der Waals surface area contributed by atoms with E-state index in [2.05, 4.69) is 63.7 Å². The summed E-state index contributed by atoms with van der Waals surface area (Å²) in [4.78, 5) is 40.4. The van der Waals surface area contributed by atoms with Crippen LogP contribution in [0, 0.1) is 5.82 Å². The summed E-state index contributed by atoms with van der Waals surface area (Å²) in [6, 6.07) is 11.8. The van der Waals surface area contributed by atoms with Gasteiger partial charge in [-0.1, -0.05) is 29.8 Å². The standard InChI is InChI=1S/C22H10Br4ClFN2O3/c23-16-14-15(17(24)19(26)18(16)25)22(33)30(21(14)32)29(9-11-3-1-2-4-13(11)28)20(31)10-5-7-12(27)8-6-10/h1-8H,9H2. The zero-order chi connectivity index (χ0) is 24.0. The minimum Gasteiger partial charge on any atom is -0.267 e. The average molecular weight is 724 g/mol. The molecule has 33 heavy (non-hydrogen) atoms. The van der Waals surface area contributed by atoms with Gasteiger partial charge in [-0.15, -0.1) is 0 Å². The van der Waals surface area contributed by atoms with Gasteiger partial charge in [-0.25, -0.2) is 9.40 Å². The van der Waals surface area contributed by atoms with Crippen LogP contribution >= 0.6 is 75.3 Å². The molecule has 3 aromatic carbocycles. The van der Waals surface area contributed by atoms with Crippen molar-refractivity contribution in [3.63, 3.8) is 0 Å². The average Bonchev–Trinajstić information content (AvgIpc) is 3.06. The number of nitrogens with zero attached hydrogens (tertiary/aromatic N) is 2. The highest BCUT2D eigenvalue weighted by Gasteiger charge is 2.45. The fourth-order valence-corrected chi connectivity index (χ4v) is 5.90. The summed E-state index contributed by atoms with van der Waals surface area (Å²) in [7, 11) is 0. The summed E-state index contributed by atoms with van der Waals surface area (Å²) >= 11 is 19.4. The van der Waals surface area contributed by atoms with Crippen LogP contribution in [0.2, 0.25) is 5.02 Å². The summed E-state index contributed by atoms with van der Waals surface area (Å²) in [6.07, 6.45) is 0. The molecule has 3 amide bonds. The maximum absolute atomic E-state index is 14.5. The van der Waals surface area contributed by atoms with Crippen LogP contribution in [0.4, 0.5) is 4.39 Å². The number of rotatable bonds is 4. The van der Waals surface area contributed by atoms with Crippen molar-refractivity contribution in [1.29, 1.82) is 0 Å². The normalized spacial score (nSPS) is 12.8. The molecule has 3 aromatic rings. The third-order valence-electron chi connectivity index (χ3n) is 4.92. The van der Waals surface area contributed by atoms with Gasteiger partial charge in [0.25, 0.3) is 17.7 Å². The van der Waals surface area contributed by atoms with E-state index in [9.17, 15) is 18.8 Å². The Labute approximate surface area is 226 Å². The second kappa shape index (κ2) is 9.58. The van der Waals surface area contributed by atoms with E-state index in [1.807, 2.05) is 0 Å². The van der Waals surface area contributed by atoms with Gasteiger partial charge in [0.15, 0.2) is 0 Å². The lowest BCUT2D eigenvalue weighted by Gasteiger charge is -2.30. The zero-order valence-electron chi connectivity index (χ0n) is 16.2. The van der Waals surface area contributed by atoms with Crippen molar-refractivity contribution in [3.05, 3.63) is 99.5 Å². The highest BCUT2D eigenvalue weighted by molar-refractivity contribution is 9.15. The van der Waals surface area contributed by atoms with Crippen molar-refractivity contribution in [2.24, 2.45) is 0 Å². The maximum Gasteiger partial charge on any atom is 0.282 e. The monoisotopic (exact) mass is 720 g/mol. The molecule has 11 heteroatoms. The van der Waals surface area contributed by atoms with Crippen LogP contribution in [-0.4, -0.2) is 27.7 Å². The molecule has 168 valence electrons. The predicted octanol–water partition coefficient (Wildman–Crippen LogP) is 7.38. The Kier molecular flexibility index (Phi) is 7.12. The van der Waals surface area contributed by atoms with Crippen molar-refractivity contribution in [2.45, 2.75) is 6.54 Å². The van der Waals surface area contributed by atoms with Gasteiger partial charge in [0, 0.05) is 34.0 Å². The molecule has 0 aliphatic carbocycles. The molecule has 0 spiro atoms. The third-order valence-corrected chi connectivity index (χ3v) is 9.94. The van der Waals surface area contributed by atoms with Crippen LogP contribution in [0.25, 0.3) is 0 Å². The van der Waals surface area contributed by atoms with E-state index in [4.69, 9.17) is 11.6 Å². The fourth-order valence-electron chi connectivity index (χ4n) is 3.32. The third kappa shape index (κ3) is 4.32. The Morgan fingerprint density at radius 1 is 0.848 bits per heavy atom. The molecule has 1 heterocycles. The molecule has 5 nitrogen and oxygen atoms in total. The summed E-state index contributed by atoms with van der Waals surface area (Å²) in [5.74, 6) is -2.70. The molecule has 0 saturated heterocycles. The Morgan fingerprint density at radius 2 is 1.36 bits per heavy atom. The van der Waals surface area contributed by atoms with Gasteiger partial charge in [0.05, 0.1) is 17.7 Å². The van der Waals surface area contributed by atoms with Crippen molar-refractivity contribution in [3.8, 4) is 0 Å². The Hall–Kier alpha value is -1.59. The van der Waals surface area contributed by atoms with E-state index in [1.165, 1.54) is 42.5 Å². The first-order chi connectivity index (χ1) is 15.6. The van der Waals surface area contributed by atoms with E-state index in [0.29, 0.717) is 22.9 Å². The highest BCUT2D eigenvalue weighted by atomic mass is 79.9. The topological polar surface area (TPSA) is 57.7 Å². The first-order valence-electron chi connectivity index (χ1n) is 9.19. The van der Waals surface area contributed by atoms with E-state index < -0.39 is 23.5 Å². The molecule has 0 N–H and O–H groups in total. The number of benzene rings is 3. The SMILES string of the molecule is O=C(c1ccc(Cl)cc1)N(Cc1ccccc1F)N1C(=O)c2c(Br)c(Br)c(Br)c(Br)c2C1=O. The fraction of sp³-hybridized carbons (Fsp3) is 0.0455. The molecule has 0 bridgehead atoms. The van der Waals surface area contributed by atoms with Crippen molar-refractivity contribution >= 4 is 93.0 Å². The predicted molar refractivity (Wildman–Crippen MR) is 135 cm³/mol. The quantitative estimate of drug-likeness (QED) is 0.160. The molecule has 0 aromatic heterocycles. The Morgan fingerprint density at radius 3 is 1.88 bits per heavy atom. The number of hydrazine groups is 1. The smallest absolute Gasteiger partial charge is 0.267 e. The molecule has 0 radical (unpaired) electrons. The molecule has 1 aliphatic heterocycles. The number of imide groups is 1. The largest absolute Gasteiger partial charge is 0.282 e. The molecular formula is C22H10Br4ClFN2O3. The van der Waals surface area contributed by atoms with Crippen LogP contribution in [0.3, 0.4) is 0 Å². The number of hydrogen-bond acceptors (Lipinski definition) is 3. The second-order valence-electron chi connectivity index (χ2n) is 6.89. The van der Waals surface area contributed by atoms with E-state index >= 15 is 0 Å². The lowest BCUT2D eigenvalue weighted by Crippen LogP contribution is -2.49. The minimum atomic E-state index is -0.727. The van der Waals surface area contributed by atoms with Crippen LogP contribution in [0.15, 0.2) is 66.4 Å². The van der Waals surface area contributed by atoms with Crippen molar-refractivity contribution < 1.29 is 18.8 Å². The van der Waals surface area contributed by atoms with Crippen LogP contribution in [0.5, 0.6) is 0 Å². The zero-order valence-corrected chi connectivity index (χ0v) is 23.3. The molecule has 0 atom stereocenters. The van der Waals surface area contributed by atoms with Crippen molar-refractivity contribution in [2.75, 3.05) is 0 Å². The minimum absolute atomic E-state index is 0.0735. The summed E-state index contributed by atoms with van der Waals surface area (Å²) < 4.78 is 16.2. The lowest BCUT2D eigenvalue weighted by molar-refractivity contribution is 0.000500. The van der Waals surface area contributed by atoms with E-state index in [1.54, 1.807) is 6.07 Å². The highest BCUT2D eigenvalue weighted by Crippen LogP contribution is 2.45. The summed E-state index contributed by atoms with van der Waals surface area (Å²) in [5, 5.41) is 2.09. The molecule has 0 unspecified atom stereocenters. The number of hydrogen-bond donors (Lipinski definition) is 0. The lowest BCUT2D eigenvalue weighted by atomic mass is 10.1. The van der Waals surface area contributed by atoms with Crippen LogP contribution in [-0.2, 0) is 6.54 Å². The molecular weight excluding hydrogens is 714 g/mol. The van der Waals surface area contributed by atoms with E-state index in [-0.39, 0.29) is 28.8 Å². The number of amides is 3. The van der Waals surface area contributed by atoms with Gasteiger partial charge in [0.1, 0.15) is 5.82 Å². The Bertz CT molecular complexity index is 1290. The Balaban J connectivity index is 1.86. The number of carbonyl (C=O) groups is 3. The van der Waals surface area contributed by atoms with Crippen LogP contribution < -0.4 is 0 Å².